The smallest absolute Gasteiger partial charge is 0.231 e. The Labute approximate surface area is 118 Å². The number of benzene rings is 2. The van der Waals surface area contributed by atoms with Gasteiger partial charge in [0.05, 0.1) is 7.11 Å². The standard InChI is InChI=1S/C17H16O3/c1-18-15-11-17-16(19-12-20-17)10-14(15)9-5-8-13-6-3-2-4-7-13/h2-8,10-11H,9,12H2,1H3/b8-5-. The monoisotopic (exact) mass is 268 g/mol. The molecule has 102 valence electrons. The summed E-state index contributed by atoms with van der Waals surface area (Å²) in [5.41, 5.74) is 2.27. The molecule has 2 aromatic carbocycles. The SMILES string of the molecule is COc1cc2c(cc1C/C=C\c1ccccc1)OCO2. The van der Waals surface area contributed by atoms with Crippen molar-refractivity contribution in [3.63, 3.8) is 0 Å². The van der Waals surface area contributed by atoms with E-state index in [0.717, 1.165) is 29.2 Å². The van der Waals surface area contributed by atoms with Crippen LogP contribution >= 0.6 is 0 Å². The van der Waals surface area contributed by atoms with Gasteiger partial charge in [-0.2, -0.15) is 0 Å². The molecule has 3 nitrogen and oxygen atoms in total. The van der Waals surface area contributed by atoms with Crippen LogP contribution in [-0.4, -0.2) is 13.9 Å². The molecule has 0 spiro atoms. The summed E-state index contributed by atoms with van der Waals surface area (Å²) in [6, 6.07) is 14.1. The van der Waals surface area contributed by atoms with Crippen molar-refractivity contribution in [2.75, 3.05) is 13.9 Å². The highest BCUT2D eigenvalue weighted by Crippen LogP contribution is 2.38. The van der Waals surface area contributed by atoms with E-state index in [4.69, 9.17) is 14.2 Å². The van der Waals surface area contributed by atoms with Crippen LogP contribution in [0.1, 0.15) is 11.1 Å². The normalized spacial score (nSPS) is 12.8. The molecule has 0 aromatic heterocycles. The van der Waals surface area contributed by atoms with E-state index in [1.54, 1.807) is 7.11 Å². The van der Waals surface area contributed by atoms with Crippen molar-refractivity contribution < 1.29 is 14.2 Å². The Morgan fingerprint density at radius 2 is 1.85 bits per heavy atom. The van der Waals surface area contributed by atoms with Gasteiger partial charge in [0.2, 0.25) is 6.79 Å². The Balaban J connectivity index is 1.79. The lowest BCUT2D eigenvalue weighted by Crippen LogP contribution is -1.92. The van der Waals surface area contributed by atoms with Crippen LogP contribution in [0.2, 0.25) is 0 Å². The maximum absolute atomic E-state index is 5.40. The van der Waals surface area contributed by atoms with Crippen LogP contribution in [0.25, 0.3) is 6.08 Å². The Kier molecular flexibility index (Phi) is 3.59. The first-order valence-electron chi connectivity index (χ1n) is 6.55. The lowest BCUT2D eigenvalue weighted by molar-refractivity contribution is 0.174. The van der Waals surface area contributed by atoms with Gasteiger partial charge >= 0.3 is 0 Å². The predicted molar refractivity (Wildman–Crippen MR) is 78.3 cm³/mol. The molecule has 0 amide bonds. The summed E-state index contributed by atoms with van der Waals surface area (Å²) in [5, 5.41) is 0. The molecule has 0 bridgehead atoms. The van der Waals surface area contributed by atoms with Crippen molar-refractivity contribution >= 4 is 6.08 Å². The molecule has 1 aliphatic rings. The summed E-state index contributed by atoms with van der Waals surface area (Å²) in [6.45, 7) is 0.280. The predicted octanol–water partition coefficient (Wildman–Crippen LogP) is 3.68. The Bertz CT molecular complexity index is 618. The molecule has 0 saturated carbocycles. The lowest BCUT2D eigenvalue weighted by Gasteiger charge is -2.08. The third-order valence-corrected chi connectivity index (χ3v) is 3.22. The average molecular weight is 268 g/mol. The van der Waals surface area contributed by atoms with Crippen LogP contribution in [0.4, 0.5) is 0 Å². The molecule has 0 fully saturated rings. The van der Waals surface area contributed by atoms with Crippen LogP contribution in [0.3, 0.4) is 0 Å². The highest BCUT2D eigenvalue weighted by atomic mass is 16.7. The quantitative estimate of drug-likeness (QED) is 0.846. The molecule has 3 heteroatoms. The van der Waals surface area contributed by atoms with Crippen molar-refractivity contribution in [3.8, 4) is 17.2 Å². The zero-order chi connectivity index (χ0) is 13.8. The molecule has 3 rings (SSSR count). The lowest BCUT2D eigenvalue weighted by atomic mass is 10.1. The molecule has 1 heterocycles. The minimum absolute atomic E-state index is 0.280. The fraction of sp³-hybridized carbons (Fsp3) is 0.176. The van der Waals surface area contributed by atoms with E-state index in [0.29, 0.717) is 0 Å². The summed E-state index contributed by atoms with van der Waals surface area (Å²) in [7, 11) is 1.67. The van der Waals surface area contributed by atoms with E-state index in [9.17, 15) is 0 Å². The van der Waals surface area contributed by atoms with E-state index in [2.05, 4.69) is 24.3 Å². The van der Waals surface area contributed by atoms with Crippen LogP contribution in [0, 0.1) is 0 Å². The number of allylic oxidation sites excluding steroid dienone is 1. The number of hydrogen-bond donors (Lipinski definition) is 0. The molecule has 0 atom stereocenters. The topological polar surface area (TPSA) is 27.7 Å². The van der Waals surface area contributed by atoms with Gasteiger partial charge in [-0.05, 0) is 18.1 Å². The van der Waals surface area contributed by atoms with Gasteiger partial charge in [-0.25, -0.2) is 0 Å². The number of methoxy groups -OCH3 is 1. The van der Waals surface area contributed by atoms with Crippen LogP contribution < -0.4 is 14.2 Å². The first kappa shape index (κ1) is 12.6. The van der Waals surface area contributed by atoms with Gasteiger partial charge in [0, 0.05) is 11.6 Å². The molecular weight excluding hydrogens is 252 g/mol. The van der Waals surface area contributed by atoms with Gasteiger partial charge in [0.25, 0.3) is 0 Å². The van der Waals surface area contributed by atoms with Gasteiger partial charge in [-0.1, -0.05) is 42.5 Å². The second kappa shape index (κ2) is 5.70. The van der Waals surface area contributed by atoms with E-state index >= 15 is 0 Å². The summed E-state index contributed by atoms with van der Waals surface area (Å²) >= 11 is 0. The van der Waals surface area contributed by atoms with Gasteiger partial charge in [-0.3, -0.25) is 0 Å². The van der Waals surface area contributed by atoms with Gasteiger partial charge in [0.1, 0.15) is 5.75 Å². The van der Waals surface area contributed by atoms with Crippen molar-refractivity contribution in [2.24, 2.45) is 0 Å². The van der Waals surface area contributed by atoms with Crippen LogP contribution in [0.15, 0.2) is 48.5 Å². The van der Waals surface area contributed by atoms with E-state index in [1.165, 1.54) is 5.56 Å². The van der Waals surface area contributed by atoms with E-state index < -0.39 is 0 Å². The number of hydrogen-bond acceptors (Lipinski definition) is 3. The van der Waals surface area contributed by atoms with Crippen LogP contribution in [-0.2, 0) is 6.42 Å². The highest BCUT2D eigenvalue weighted by Gasteiger charge is 2.16. The van der Waals surface area contributed by atoms with Crippen molar-refractivity contribution in [2.45, 2.75) is 6.42 Å². The first-order chi connectivity index (χ1) is 9.86. The van der Waals surface area contributed by atoms with E-state index in [1.807, 2.05) is 30.3 Å². The van der Waals surface area contributed by atoms with Crippen molar-refractivity contribution in [1.29, 1.82) is 0 Å². The minimum atomic E-state index is 0.280. The molecule has 0 unspecified atom stereocenters. The molecule has 20 heavy (non-hydrogen) atoms. The first-order valence-corrected chi connectivity index (χ1v) is 6.55. The zero-order valence-electron chi connectivity index (χ0n) is 11.3. The minimum Gasteiger partial charge on any atom is -0.496 e. The van der Waals surface area contributed by atoms with Gasteiger partial charge < -0.3 is 14.2 Å². The number of fused-ring (bicyclic) bond motifs is 1. The highest BCUT2D eigenvalue weighted by molar-refractivity contribution is 5.54. The summed E-state index contributed by atoms with van der Waals surface area (Å²) < 4.78 is 16.2. The maximum atomic E-state index is 5.40. The summed E-state index contributed by atoms with van der Waals surface area (Å²) in [4.78, 5) is 0. The number of ether oxygens (including phenoxy) is 3. The van der Waals surface area contributed by atoms with Crippen molar-refractivity contribution in [3.05, 3.63) is 59.7 Å². The third-order valence-electron chi connectivity index (χ3n) is 3.22. The Morgan fingerprint density at radius 1 is 1.10 bits per heavy atom. The molecule has 0 saturated heterocycles. The van der Waals surface area contributed by atoms with Gasteiger partial charge in [0.15, 0.2) is 11.5 Å². The average Bonchev–Trinajstić information content (AvgIpc) is 2.94. The summed E-state index contributed by atoms with van der Waals surface area (Å²) in [5.74, 6) is 2.36. The molecule has 0 radical (unpaired) electrons. The second-order valence-electron chi connectivity index (χ2n) is 4.53. The van der Waals surface area contributed by atoms with Crippen molar-refractivity contribution in [1.82, 2.24) is 0 Å². The maximum Gasteiger partial charge on any atom is 0.231 e. The fourth-order valence-corrected chi connectivity index (χ4v) is 2.20. The molecule has 0 aliphatic carbocycles. The fourth-order valence-electron chi connectivity index (χ4n) is 2.20. The largest absolute Gasteiger partial charge is 0.496 e. The molecular formula is C17H16O3. The summed E-state index contributed by atoms with van der Waals surface area (Å²) in [6.07, 6.45) is 5.01. The number of rotatable bonds is 4. The second-order valence-corrected chi connectivity index (χ2v) is 4.53. The van der Waals surface area contributed by atoms with E-state index in [-0.39, 0.29) is 6.79 Å². The van der Waals surface area contributed by atoms with Gasteiger partial charge in [-0.15, -0.1) is 0 Å². The zero-order valence-corrected chi connectivity index (χ0v) is 11.3. The molecule has 0 N–H and O–H groups in total. The molecule has 1 aliphatic heterocycles. The Hall–Kier alpha value is -2.42. The van der Waals surface area contributed by atoms with Crippen LogP contribution in [0.5, 0.6) is 17.2 Å². The third kappa shape index (κ3) is 2.62. The Morgan fingerprint density at radius 3 is 2.60 bits per heavy atom. The molecule has 2 aromatic rings.